The highest BCUT2D eigenvalue weighted by atomic mass is 32.2. The zero-order valence-corrected chi connectivity index (χ0v) is 23.5. The van der Waals surface area contributed by atoms with Crippen LogP contribution in [0.2, 0.25) is 0 Å². The van der Waals surface area contributed by atoms with Gasteiger partial charge in [-0.05, 0) is 55.7 Å². The van der Waals surface area contributed by atoms with E-state index in [1.54, 1.807) is 55.5 Å². The molecule has 0 aliphatic heterocycles. The average Bonchev–Trinajstić information content (AvgIpc) is 2.95. The first kappa shape index (κ1) is 29.8. The number of carbonyl (C=O) groups is 2. The molecule has 0 bridgehead atoms. The number of sulfonamides is 1. The van der Waals surface area contributed by atoms with Crippen LogP contribution in [0.1, 0.15) is 44.7 Å². The predicted molar refractivity (Wildman–Crippen MR) is 151 cm³/mol. The smallest absolute Gasteiger partial charge is 0.264 e. The molecule has 1 atom stereocenters. The molecule has 9 heteroatoms. The lowest BCUT2D eigenvalue weighted by molar-refractivity contribution is -0.139. The molecule has 0 saturated heterocycles. The van der Waals surface area contributed by atoms with E-state index in [2.05, 4.69) is 5.32 Å². The number of hydrogen-bond donors (Lipinski definition) is 1. The Bertz CT molecular complexity index is 1350. The van der Waals surface area contributed by atoms with E-state index in [-0.39, 0.29) is 17.0 Å². The number of amides is 2. The van der Waals surface area contributed by atoms with Crippen LogP contribution in [0.5, 0.6) is 0 Å². The quantitative estimate of drug-likeness (QED) is 0.305. The second-order valence-electron chi connectivity index (χ2n) is 9.28. The van der Waals surface area contributed by atoms with Crippen molar-refractivity contribution < 1.29 is 22.4 Å². The van der Waals surface area contributed by atoms with Crippen LogP contribution in [-0.4, -0.2) is 44.3 Å². The van der Waals surface area contributed by atoms with Gasteiger partial charge < -0.3 is 10.2 Å². The summed E-state index contributed by atoms with van der Waals surface area (Å²) in [7, 11) is -4.14. The van der Waals surface area contributed by atoms with E-state index in [1.807, 2.05) is 26.0 Å². The zero-order valence-electron chi connectivity index (χ0n) is 22.6. The van der Waals surface area contributed by atoms with Crippen LogP contribution in [0, 0.1) is 5.82 Å². The SMILES string of the molecule is CCCCNC(=O)C(C)N(Cc1ccccc1F)C(=O)CN(c1ccc(CC)cc1)S(=O)(=O)c1ccccc1. The molecule has 2 amide bonds. The minimum Gasteiger partial charge on any atom is -0.354 e. The molecular weight excluding hydrogens is 517 g/mol. The second kappa shape index (κ2) is 13.9. The Labute approximate surface area is 230 Å². The lowest BCUT2D eigenvalue weighted by Gasteiger charge is -2.32. The van der Waals surface area contributed by atoms with Crippen LogP contribution in [-0.2, 0) is 32.6 Å². The molecule has 0 aliphatic rings. The maximum atomic E-state index is 14.6. The summed E-state index contributed by atoms with van der Waals surface area (Å²) in [6.07, 6.45) is 2.43. The summed E-state index contributed by atoms with van der Waals surface area (Å²) in [5.74, 6) is -1.54. The number of unbranched alkanes of at least 4 members (excludes halogenated alkanes) is 1. The second-order valence-corrected chi connectivity index (χ2v) is 11.1. The van der Waals surface area contributed by atoms with Crippen molar-refractivity contribution >= 4 is 27.5 Å². The molecule has 0 radical (unpaired) electrons. The highest BCUT2D eigenvalue weighted by molar-refractivity contribution is 7.92. The summed E-state index contributed by atoms with van der Waals surface area (Å²) in [5, 5.41) is 2.81. The molecule has 0 aliphatic carbocycles. The molecule has 7 nitrogen and oxygen atoms in total. The Morgan fingerprint density at radius 1 is 0.923 bits per heavy atom. The highest BCUT2D eigenvalue weighted by Crippen LogP contribution is 2.25. The Morgan fingerprint density at radius 3 is 2.18 bits per heavy atom. The van der Waals surface area contributed by atoms with E-state index in [0.717, 1.165) is 29.1 Å². The van der Waals surface area contributed by atoms with Gasteiger partial charge in [-0.25, -0.2) is 12.8 Å². The standard InChI is InChI=1S/C30H36FN3O4S/c1-4-6-20-32-30(36)23(3)33(21-25-12-10-11-15-28(25)31)29(35)22-34(26-18-16-24(5-2)17-19-26)39(37,38)27-13-8-7-9-14-27/h7-19,23H,4-6,20-22H2,1-3H3,(H,32,36). The van der Waals surface area contributed by atoms with Crippen LogP contribution < -0.4 is 9.62 Å². The van der Waals surface area contributed by atoms with Crippen LogP contribution >= 0.6 is 0 Å². The third-order valence-corrected chi connectivity index (χ3v) is 8.33. The molecule has 0 fully saturated rings. The van der Waals surface area contributed by atoms with Gasteiger partial charge in [0.05, 0.1) is 10.6 Å². The summed E-state index contributed by atoms with van der Waals surface area (Å²) in [6.45, 7) is 5.24. The van der Waals surface area contributed by atoms with E-state index in [0.29, 0.717) is 12.2 Å². The minimum atomic E-state index is -4.14. The Hall–Kier alpha value is -3.72. The van der Waals surface area contributed by atoms with E-state index in [4.69, 9.17) is 0 Å². The van der Waals surface area contributed by atoms with Crippen molar-refractivity contribution in [3.05, 3.63) is 95.8 Å². The van der Waals surface area contributed by atoms with Crippen molar-refractivity contribution in [3.8, 4) is 0 Å². The maximum Gasteiger partial charge on any atom is 0.264 e. The van der Waals surface area contributed by atoms with E-state index >= 15 is 0 Å². The van der Waals surface area contributed by atoms with Gasteiger partial charge in [0.2, 0.25) is 11.8 Å². The van der Waals surface area contributed by atoms with Crippen molar-refractivity contribution in [1.82, 2.24) is 10.2 Å². The van der Waals surface area contributed by atoms with Crippen LogP contribution in [0.4, 0.5) is 10.1 Å². The number of halogens is 1. The summed E-state index contributed by atoms with van der Waals surface area (Å²) in [4.78, 5) is 28.1. The molecule has 208 valence electrons. The average molecular weight is 554 g/mol. The highest BCUT2D eigenvalue weighted by Gasteiger charge is 2.32. The molecule has 39 heavy (non-hydrogen) atoms. The fourth-order valence-corrected chi connectivity index (χ4v) is 5.51. The molecular formula is C30H36FN3O4S. The Morgan fingerprint density at radius 2 is 1.56 bits per heavy atom. The third kappa shape index (κ3) is 7.66. The van der Waals surface area contributed by atoms with Crippen molar-refractivity contribution in [3.63, 3.8) is 0 Å². The van der Waals surface area contributed by atoms with Crippen molar-refractivity contribution in [2.75, 3.05) is 17.4 Å². The summed E-state index contributed by atoms with van der Waals surface area (Å²) < 4.78 is 43.1. The summed E-state index contributed by atoms with van der Waals surface area (Å²) >= 11 is 0. The molecule has 0 saturated carbocycles. The first-order valence-corrected chi connectivity index (χ1v) is 14.6. The number of anilines is 1. The predicted octanol–water partition coefficient (Wildman–Crippen LogP) is 4.92. The maximum absolute atomic E-state index is 14.6. The van der Waals surface area contributed by atoms with Crippen LogP contribution in [0.25, 0.3) is 0 Å². The Kier molecular flexibility index (Phi) is 10.6. The van der Waals surface area contributed by atoms with Gasteiger partial charge >= 0.3 is 0 Å². The van der Waals surface area contributed by atoms with E-state index in [1.165, 1.54) is 23.1 Å². The van der Waals surface area contributed by atoms with E-state index < -0.39 is 40.2 Å². The van der Waals surface area contributed by atoms with Gasteiger partial charge in [0.15, 0.2) is 0 Å². The van der Waals surface area contributed by atoms with Gasteiger partial charge in [-0.2, -0.15) is 0 Å². The monoisotopic (exact) mass is 553 g/mol. The number of aryl methyl sites for hydroxylation is 1. The lowest BCUT2D eigenvalue weighted by atomic mass is 10.1. The van der Waals surface area contributed by atoms with Crippen LogP contribution in [0.3, 0.4) is 0 Å². The lowest BCUT2D eigenvalue weighted by Crippen LogP contribution is -2.51. The number of rotatable bonds is 13. The van der Waals surface area contributed by atoms with Gasteiger partial charge in [0.1, 0.15) is 18.4 Å². The number of carbonyl (C=O) groups excluding carboxylic acids is 2. The van der Waals surface area contributed by atoms with Crippen LogP contribution in [0.15, 0.2) is 83.8 Å². The zero-order chi connectivity index (χ0) is 28.4. The molecule has 1 unspecified atom stereocenters. The third-order valence-electron chi connectivity index (χ3n) is 6.54. The Balaban J connectivity index is 2.00. The summed E-state index contributed by atoms with van der Waals surface area (Å²) in [5.41, 5.74) is 1.56. The molecule has 0 heterocycles. The molecule has 3 rings (SSSR count). The fraction of sp³-hybridized carbons (Fsp3) is 0.333. The van der Waals surface area contributed by atoms with Crippen molar-refractivity contribution in [2.24, 2.45) is 0 Å². The topological polar surface area (TPSA) is 86.8 Å². The number of hydrogen-bond acceptors (Lipinski definition) is 4. The van der Waals surface area contributed by atoms with E-state index in [9.17, 15) is 22.4 Å². The number of nitrogens with one attached hydrogen (secondary N) is 1. The molecule has 3 aromatic rings. The number of benzene rings is 3. The molecule has 0 spiro atoms. The van der Waals surface area contributed by atoms with Gasteiger partial charge in [-0.3, -0.25) is 13.9 Å². The summed E-state index contributed by atoms with van der Waals surface area (Å²) in [6, 6.07) is 19.9. The van der Waals surface area contributed by atoms with Gasteiger partial charge in [-0.1, -0.05) is 68.8 Å². The minimum absolute atomic E-state index is 0.0309. The van der Waals surface area contributed by atoms with Gasteiger partial charge in [-0.15, -0.1) is 0 Å². The van der Waals surface area contributed by atoms with Gasteiger partial charge in [0, 0.05) is 18.7 Å². The van der Waals surface area contributed by atoms with Crippen molar-refractivity contribution in [1.29, 1.82) is 0 Å². The first-order valence-electron chi connectivity index (χ1n) is 13.2. The van der Waals surface area contributed by atoms with Gasteiger partial charge in [0.25, 0.3) is 10.0 Å². The fourth-order valence-electron chi connectivity index (χ4n) is 4.08. The molecule has 3 aromatic carbocycles. The normalized spacial score (nSPS) is 12.0. The molecule has 1 N–H and O–H groups in total. The largest absolute Gasteiger partial charge is 0.354 e. The molecule has 0 aromatic heterocycles. The first-order chi connectivity index (χ1) is 18.7. The number of nitrogens with zero attached hydrogens (tertiary/aromatic N) is 2. The van der Waals surface area contributed by atoms with Crippen molar-refractivity contribution in [2.45, 2.75) is 57.5 Å².